The summed E-state index contributed by atoms with van der Waals surface area (Å²) < 4.78 is 5.42. The van der Waals surface area contributed by atoms with E-state index in [1.165, 1.54) is 23.0 Å². The van der Waals surface area contributed by atoms with Crippen LogP contribution >= 0.6 is 11.8 Å². The average Bonchev–Trinajstić information content (AvgIpc) is 3.28. The van der Waals surface area contributed by atoms with E-state index in [4.69, 9.17) is 4.42 Å². The Balaban J connectivity index is 1.53. The zero-order valence-corrected chi connectivity index (χ0v) is 17.7. The maximum absolute atomic E-state index is 13.3. The molecule has 1 saturated heterocycles. The Kier molecular flexibility index (Phi) is 5.58. The van der Waals surface area contributed by atoms with Crippen molar-refractivity contribution < 1.29 is 9.21 Å². The zero-order valence-electron chi connectivity index (χ0n) is 16.9. The summed E-state index contributed by atoms with van der Waals surface area (Å²) in [6, 6.07) is 12.1. The first kappa shape index (κ1) is 19.5. The molecule has 2 aromatic heterocycles. The maximum atomic E-state index is 13.3. The summed E-state index contributed by atoms with van der Waals surface area (Å²) in [4.78, 5) is 26.6. The number of furan rings is 1. The zero-order chi connectivity index (χ0) is 20.4. The van der Waals surface area contributed by atoms with E-state index < -0.39 is 0 Å². The molecule has 0 saturated carbocycles. The lowest BCUT2D eigenvalue weighted by molar-refractivity contribution is 0.0741. The molecular formula is C22H24N4O2S. The summed E-state index contributed by atoms with van der Waals surface area (Å²) >= 11 is 1.46. The van der Waals surface area contributed by atoms with Crippen molar-refractivity contribution in [3.63, 3.8) is 0 Å². The lowest BCUT2D eigenvalue weighted by Gasteiger charge is -2.36. The van der Waals surface area contributed by atoms with E-state index in [-0.39, 0.29) is 5.91 Å². The van der Waals surface area contributed by atoms with Crippen LogP contribution < -0.4 is 4.90 Å². The summed E-state index contributed by atoms with van der Waals surface area (Å²) in [5.41, 5.74) is 3.73. The van der Waals surface area contributed by atoms with Crippen LogP contribution in [-0.4, -0.2) is 53.2 Å². The van der Waals surface area contributed by atoms with Gasteiger partial charge in [0.25, 0.3) is 5.91 Å². The minimum absolute atomic E-state index is 0.00161. The number of benzene rings is 1. The Bertz CT molecular complexity index is 1010. The average molecular weight is 409 g/mol. The Morgan fingerprint density at radius 3 is 2.52 bits per heavy atom. The Morgan fingerprint density at radius 1 is 1.07 bits per heavy atom. The van der Waals surface area contributed by atoms with Gasteiger partial charge in [0.2, 0.25) is 0 Å². The molecule has 0 spiro atoms. The van der Waals surface area contributed by atoms with Crippen molar-refractivity contribution in [2.24, 2.45) is 0 Å². The second kappa shape index (κ2) is 8.29. The molecule has 1 aromatic carbocycles. The highest BCUT2D eigenvalue weighted by Crippen LogP contribution is 2.27. The van der Waals surface area contributed by atoms with Crippen LogP contribution in [-0.2, 0) is 0 Å². The van der Waals surface area contributed by atoms with Crippen molar-refractivity contribution in [1.29, 1.82) is 0 Å². The van der Waals surface area contributed by atoms with E-state index in [0.717, 1.165) is 13.1 Å². The van der Waals surface area contributed by atoms with Gasteiger partial charge in [-0.1, -0.05) is 12.1 Å². The fourth-order valence-electron chi connectivity index (χ4n) is 3.61. The van der Waals surface area contributed by atoms with Gasteiger partial charge >= 0.3 is 0 Å². The number of amides is 1. The summed E-state index contributed by atoms with van der Waals surface area (Å²) in [5.74, 6) is 1.12. The van der Waals surface area contributed by atoms with Crippen molar-refractivity contribution >= 4 is 23.4 Å². The smallest absolute Gasteiger partial charge is 0.258 e. The second-order valence-electron chi connectivity index (χ2n) is 7.11. The van der Waals surface area contributed by atoms with E-state index >= 15 is 0 Å². The number of aryl methyl sites for hydroxylation is 2. The number of nitrogens with zero attached hydrogens (tertiary/aromatic N) is 4. The van der Waals surface area contributed by atoms with Crippen LogP contribution in [0.3, 0.4) is 0 Å². The predicted octanol–water partition coefficient (Wildman–Crippen LogP) is 4.04. The fourth-order valence-corrected chi connectivity index (χ4v) is 4.22. The topological polar surface area (TPSA) is 62.5 Å². The molecule has 0 bridgehead atoms. The molecule has 0 unspecified atom stereocenters. The molecule has 7 heteroatoms. The molecule has 1 aliphatic rings. The van der Waals surface area contributed by atoms with Gasteiger partial charge in [0.15, 0.2) is 11.6 Å². The number of anilines is 1. The van der Waals surface area contributed by atoms with Gasteiger partial charge in [-0.2, -0.15) is 0 Å². The molecule has 29 heavy (non-hydrogen) atoms. The van der Waals surface area contributed by atoms with Crippen LogP contribution in [0.1, 0.15) is 21.6 Å². The third-order valence-electron chi connectivity index (χ3n) is 5.14. The molecule has 1 fully saturated rings. The number of carbonyl (C=O) groups is 1. The number of rotatable bonds is 4. The summed E-state index contributed by atoms with van der Waals surface area (Å²) in [6.07, 6.45) is 3.53. The molecule has 3 heterocycles. The van der Waals surface area contributed by atoms with E-state index in [1.807, 2.05) is 24.1 Å². The number of carbonyl (C=O) groups excluding carboxylic acids is 1. The van der Waals surface area contributed by atoms with Gasteiger partial charge in [0.05, 0.1) is 17.5 Å². The lowest BCUT2D eigenvalue weighted by Crippen LogP contribution is -2.49. The monoisotopic (exact) mass is 408 g/mol. The highest BCUT2D eigenvalue weighted by atomic mass is 32.2. The Labute approximate surface area is 174 Å². The van der Waals surface area contributed by atoms with Crippen LogP contribution in [0.4, 0.5) is 5.69 Å². The van der Waals surface area contributed by atoms with Gasteiger partial charge in [-0.25, -0.2) is 9.97 Å². The molecule has 4 rings (SSSR count). The standard InChI is InChI=1S/C22H24N4O2S/c1-15-6-4-7-17(14-15)25-9-11-26(12-10-25)22(27)19-16(2)23-20(24-21(19)29-3)18-8-5-13-28-18/h4-8,13-14H,9-12H2,1-3H3. The largest absolute Gasteiger partial charge is 0.461 e. The van der Waals surface area contributed by atoms with Crippen molar-refractivity contribution in [1.82, 2.24) is 14.9 Å². The highest BCUT2D eigenvalue weighted by Gasteiger charge is 2.27. The van der Waals surface area contributed by atoms with E-state index in [0.29, 0.717) is 41.0 Å². The predicted molar refractivity (Wildman–Crippen MR) is 116 cm³/mol. The molecule has 6 nitrogen and oxygen atoms in total. The third kappa shape index (κ3) is 4.00. The molecule has 3 aromatic rings. The van der Waals surface area contributed by atoms with Crippen molar-refractivity contribution in [3.05, 3.63) is 59.5 Å². The molecule has 150 valence electrons. The van der Waals surface area contributed by atoms with Crippen molar-refractivity contribution in [2.75, 3.05) is 37.3 Å². The minimum atomic E-state index is 0.00161. The van der Waals surface area contributed by atoms with Crippen LogP contribution in [0.25, 0.3) is 11.6 Å². The number of thioether (sulfide) groups is 1. The van der Waals surface area contributed by atoms with Crippen LogP contribution in [0.2, 0.25) is 0 Å². The summed E-state index contributed by atoms with van der Waals surface area (Å²) in [5, 5.41) is 0.690. The number of piperazine rings is 1. The summed E-state index contributed by atoms with van der Waals surface area (Å²) in [6.45, 7) is 6.95. The first-order chi connectivity index (χ1) is 14.1. The molecule has 0 aliphatic carbocycles. The highest BCUT2D eigenvalue weighted by molar-refractivity contribution is 7.98. The molecule has 0 atom stereocenters. The number of aromatic nitrogens is 2. The maximum Gasteiger partial charge on any atom is 0.258 e. The van der Waals surface area contributed by atoms with Crippen LogP contribution in [0.5, 0.6) is 0 Å². The van der Waals surface area contributed by atoms with Gasteiger partial charge in [-0.05, 0) is 49.9 Å². The van der Waals surface area contributed by atoms with Gasteiger partial charge in [-0.15, -0.1) is 11.8 Å². The molecule has 0 N–H and O–H groups in total. The lowest BCUT2D eigenvalue weighted by atomic mass is 10.1. The van der Waals surface area contributed by atoms with Crippen LogP contribution in [0.15, 0.2) is 52.1 Å². The van der Waals surface area contributed by atoms with Crippen molar-refractivity contribution in [2.45, 2.75) is 18.9 Å². The van der Waals surface area contributed by atoms with E-state index in [9.17, 15) is 4.79 Å². The molecular weight excluding hydrogens is 384 g/mol. The molecule has 1 amide bonds. The first-order valence-corrected chi connectivity index (χ1v) is 10.9. The fraction of sp³-hybridized carbons (Fsp3) is 0.318. The van der Waals surface area contributed by atoms with Gasteiger partial charge < -0.3 is 14.2 Å². The number of hydrogen-bond acceptors (Lipinski definition) is 6. The molecule has 0 radical (unpaired) electrons. The van der Waals surface area contributed by atoms with Gasteiger partial charge in [-0.3, -0.25) is 4.79 Å². The van der Waals surface area contributed by atoms with Gasteiger partial charge in [0, 0.05) is 31.9 Å². The normalized spacial score (nSPS) is 14.3. The quantitative estimate of drug-likeness (QED) is 0.480. The Hall–Kier alpha value is -2.80. The second-order valence-corrected chi connectivity index (χ2v) is 7.91. The van der Waals surface area contributed by atoms with E-state index in [1.54, 1.807) is 12.3 Å². The minimum Gasteiger partial charge on any atom is -0.461 e. The molecule has 1 aliphatic heterocycles. The Morgan fingerprint density at radius 2 is 1.86 bits per heavy atom. The van der Waals surface area contributed by atoms with E-state index in [2.05, 4.69) is 46.1 Å². The van der Waals surface area contributed by atoms with Crippen molar-refractivity contribution in [3.8, 4) is 11.6 Å². The summed E-state index contributed by atoms with van der Waals surface area (Å²) in [7, 11) is 0. The van der Waals surface area contributed by atoms with Crippen LogP contribution in [0, 0.1) is 13.8 Å². The number of hydrogen-bond donors (Lipinski definition) is 0. The first-order valence-electron chi connectivity index (χ1n) is 9.64. The van der Waals surface area contributed by atoms with Gasteiger partial charge in [0.1, 0.15) is 5.03 Å². The SMILES string of the molecule is CSc1nc(-c2ccco2)nc(C)c1C(=O)N1CCN(c2cccc(C)c2)CC1. The third-order valence-corrected chi connectivity index (χ3v) is 5.82.